The molecule has 0 fully saturated rings. The van der Waals surface area contributed by atoms with Gasteiger partial charge in [0.15, 0.2) is 11.5 Å². The molecular weight excluding hydrogens is 322 g/mol. The second-order valence-corrected chi connectivity index (χ2v) is 7.06. The maximum atomic E-state index is 12.1. The number of ether oxygens (including phenoxy) is 2. The van der Waals surface area contributed by atoms with Gasteiger partial charge in [0, 0.05) is 23.8 Å². The second kappa shape index (κ2) is 7.71. The minimum atomic E-state index is 0.123. The average molecular weight is 345 g/mol. The molecule has 1 aromatic carbocycles. The highest BCUT2D eigenvalue weighted by atomic mass is 32.1. The fourth-order valence-corrected chi connectivity index (χ4v) is 3.96. The normalized spacial score (nSPS) is 15.8. The molecule has 3 rings (SSSR count). The van der Waals surface area contributed by atoms with Gasteiger partial charge >= 0.3 is 0 Å². The highest BCUT2D eigenvalue weighted by molar-refractivity contribution is 7.09. The molecule has 0 spiro atoms. The van der Waals surface area contributed by atoms with Crippen LogP contribution in [-0.2, 0) is 17.6 Å². The van der Waals surface area contributed by atoms with Crippen LogP contribution in [0, 0.1) is 0 Å². The van der Waals surface area contributed by atoms with E-state index in [-0.39, 0.29) is 5.91 Å². The van der Waals surface area contributed by atoms with Crippen molar-refractivity contribution < 1.29 is 14.3 Å². The van der Waals surface area contributed by atoms with E-state index in [1.54, 1.807) is 25.6 Å². The molecule has 1 atom stereocenters. The molecule has 1 unspecified atom stereocenters. The molecule has 1 aromatic heterocycles. The molecule has 128 valence electrons. The molecule has 0 saturated carbocycles. The molecule has 2 aromatic rings. The number of methoxy groups -OCH3 is 2. The first-order valence-corrected chi connectivity index (χ1v) is 9.13. The Bertz CT molecular complexity index is 697. The lowest BCUT2D eigenvalue weighted by atomic mass is 10.0. The molecule has 1 aliphatic rings. The third-order valence-electron chi connectivity index (χ3n) is 4.57. The number of thiophene rings is 1. The number of benzene rings is 1. The Kier molecular flexibility index (Phi) is 5.41. The number of carbonyl (C=O) groups is 1. The van der Waals surface area contributed by atoms with E-state index in [1.165, 1.54) is 16.0 Å². The van der Waals surface area contributed by atoms with E-state index in [0.717, 1.165) is 30.8 Å². The summed E-state index contributed by atoms with van der Waals surface area (Å²) in [6.07, 6.45) is 3.43. The number of hydrogen-bond donors (Lipinski definition) is 1. The Morgan fingerprint density at radius 1 is 1.29 bits per heavy atom. The van der Waals surface area contributed by atoms with Gasteiger partial charge in [-0.1, -0.05) is 6.07 Å². The van der Waals surface area contributed by atoms with E-state index in [2.05, 4.69) is 23.5 Å². The van der Waals surface area contributed by atoms with Crippen molar-refractivity contribution in [1.82, 2.24) is 5.32 Å². The van der Waals surface area contributed by atoms with Crippen LogP contribution in [0.15, 0.2) is 29.6 Å². The lowest BCUT2D eigenvalue weighted by Crippen LogP contribution is -2.27. The van der Waals surface area contributed by atoms with Crippen LogP contribution >= 0.6 is 11.3 Å². The summed E-state index contributed by atoms with van der Waals surface area (Å²) in [5, 5.41) is 5.13. The van der Waals surface area contributed by atoms with E-state index in [1.807, 2.05) is 11.4 Å². The quantitative estimate of drug-likeness (QED) is 0.835. The summed E-state index contributed by atoms with van der Waals surface area (Å²) in [4.78, 5) is 13.3. The van der Waals surface area contributed by atoms with Crippen LogP contribution in [0.1, 0.15) is 34.8 Å². The Labute approximate surface area is 146 Å². The van der Waals surface area contributed by atoms with Crippen molar-refractivity contribution >= 4 is 17.2 Å². The lowest BCUT2D eigenvalue weighted by Gasteiger charge is -2.15. The van der Waals surface area contributed by atoms with Gasteiger partial charge < -0.3 is 14.8 Å². The average Bonchev–Trinajstić information content (AvgIpc) is 3.26. The molecule has 1 amide bonds. The van der Waals surface area contributed by atoms with E-state index in [9.17, 15) is 4.79 Å². The minimum Gasteiger partial charge on any atom is -0.493 e. The minimum absolute atomic E-state index is 0.123. The maximum absolute atomic E-state index is 12.1. The van der Waals surface area contributed by atoms with Gasteiger partial charge in [-0.3, -0.25) is 4.79 Å². The molecule has 1 aliphatic carbocycles. The van der Waals surface area contributed by atoms with Crippen LogP contribution < -0.4 is 14.8 Å². The Morgan fingerprint density at radius 2 is 2.08 bits per heavy atom. The number of rotatable bonds is 7. The van der Waals surface area contributed by atoms with E-state index >= 15 is 0 Å². The first-order valence-electron chi connectivity index (χ1n) is 8.25. The van der Waals surface area contributed by atoms with Crippen LogP contribution in [0.25, 0.3) is 0 Å². The van der Waals surface area contributed by atoms with Crippen LogP contribution in [-0.4, -0.2) is 26.7 Å². The van der Waals surface area contributed by atoms with E-state index in [0.29, 0.717) is 18.9 Å². The predicted molar refractivity (Wildman–Crippen MR) is 96.3 cm³/mol. The van der Waals surface area contributed by atoms with E-state index in [4.69, 9.17) is 9.47 Å². The van der Waals surface area contributed by atoms with Crippen molar-refractivity contribution in [1.29, 1.82) is 0 Å². The fourth-order valence-electron chi connectivity index (χ4n) is 3.25. The molecule has 5 heteroatoms. The summed E-state index contributed by atoms with van der Waals surface area (Å²) in [5.41, 5.74) is 2.57. The number of hydrogen-bond acceptors (Lipinski definition) is 4. The molecule has 1 heterocycles. The molecule has 0 bridgehead atoms. The molecule has 0 aliphatic heterocycles. The monoisotopic (exact) mass is 345 g/mol. The topological polar surface area (TPSA) is 47.6 Å². The number of aryl methyl sites for hydroxylation is 2. The second-order valence-electron chi connectivity index (χ2n) is 6.03. The summed E-state index contributed by atoms with van der Waals surface area (Å²) >= 11 is 1.70. The molecule has 24 heavy (non-hydrogen) atoms. The molecular formula is C19H23NO3S. The van der Waals surface area contributed by atoms with Crippen LogP contribution in [0.3, 0.4) is 0 Å². The maximum Gasteiger partial charge on any atom is 0.220 e. The van der Waals surface area contributed by atoms with Gasteiger partial charge in [0.25, 0.3) is 0 Å². The predicted octanol–water partition coefficient (Wildman–Crippen LogP) is 3.54. The summed E-state index contributed by atoms with van der Waals surface area (Å²) in [6, 6.07) is 8.22. The largest absolute Gasteiger partial charge is 0.493 e. The molecule has 0 radical (unpaired) electrons. The zero-order valence-corrected chi connectivity index (χ0v) is 14.9. The lowest BCUT2D eigenvalue weighted by molar-refractivity contribution is -0.121. The van der Waals surface area contributed by atoms with Crippen LogP contribution in [0.2, 0.25) is 0 Å². The van der Waals surface area contributed by atoms with Crippen molar-refractivity contribution in [3.05, 3.63) is 45.6 Å². The Hall–Kier alpha value is -2.01. The van der Waals surface area contributed by atoms with Crippen molar-refractivity contribution in [2.45, 2.75) is 31.6 Å². The highest BCUT2D eigenvalue weighted by Gasteiger charge is 2.25. The van der Waals surface area contributed by atoms with Gasteiger partial charge in [0.2, 0.25) is 5.91 Å². The number of fused-ring (bicyclic) bond motifs is 1. The van der Waals surface area contributed by atoms with Crippen LogP contribution in [0.5, 0.6) is 11.5 Å². The zero-order valence-electron chi connectivity index (χ0n) is 14.1. The summed E-state index contributed by atoms with van der Waals surface area (Å²) < 4.78 is 10.8. The number of amides is 1. The van der Waals surface area contributed by atoms with Gasteiger partial charge in [-0.25, -0.2) is 0 Å². The summed E-state index contributed by atoms with van der Waals surface area (Å²) in [5.74, 6) is 2.01. The summed E-state index contributed by atoms with van der Waals surface area (Å²) in [7, 11) is 3.31. The van der Waals surface area contributed by atoms with Gasteiger partial charge in [0.05, 0.1) is 14.2 Å². The zero-order chi connectivity index (χ0) is 16.9. The fraction of sp³-hybridized carbons (Fsp3) is 0.421. The SMILES string of the molecule is COc1cc2c(cc1OC)C(CNC(=O)CCc1cccs1)CC2. The third kappa shape index (κ3) is 3.73. The first-order chi connectivity index (χ1) is 11.7. The van der Waals surface area contributed by atoms with Crippen molar-refractivity contribution in [3.8, 4) is 11.5 Å². The van der Waals surface area contributed by atoms with Gasteiger partial charge in [-0.2, -0.15) is 0 Å². The van der Waals surface area contributed by atoms with Crippen molar-refractivity contribution in [3.63, 3.8) is 0 Å². The number of nitrogens with one attached hydrogen (secondary N) is 1. The highest BCUT2D eigenvalue weighted by Crippen LogP contribution is 2.40. The third-order valence-corrected chi connectivity index (χ3v) is 5.51. The molecule has 4 nitrogen and oxygen atoms in total. The van der Waals surface area contributed by atoms with Gasteiger partial charge in [-0.15, -0.1) is 11.3 Å². The molecule has 0 saturated heterocycles. The number of carbonyl (C=O) groups excluding carboxylic acids is 1. The smallest absolute Gasteiger partial charge is 0.220 e. The van der Waals surface area contributed by atoms with Gasteiger partial charge in [-0.05, 0) is 54.0 Å². The van der Waals surface area contributed by atoms with Gasteiger partial charge in [0.1, 0.15) is 0 Å². The van der Waals surface area contributed by atoms with Crippen molar-refractivity contribution in [2.24, 2.45) is 0 Å². The standard InChI is InChI=1S/C19H23NO3S/c1-22-17-10-13-5-6-14(16(13)11-18(17)23-2)12-20-19(21)8-7-15-4-3-9-24-15/h3-4,9-11,14H,5-8,12H2,1-2H3,(H,20,21). The van der Waals surface area contributed by atoms with E-state index < -0.39 is 0 Å². The molecule has 1 N–H and O–H groups in total. The summed E-state index contributed by atoms with van der Waals surface area (Å²) in [6.45, 7) is 0.686. The Morgan fingerprint density at radius 3 is 2.79 bits per heavy atom. The van der Waals surface area contributed by atoms with Crippen molar-refractivity contribution in [2.75, 3.05) is 20.8 Å². The van der Waals surface area contributed by atoms with Crippen LogP contribution in [0.4, 0.5) is 0 Å². The first kappa shape index (κ1) is 16.8. The Balaban J connectivity index is 1.57.